The number of aromatic nitrogens is 3. The third-order valence-electron chi connectivity index (χ3n) is 9.21. The number of hydrogen-bond donors (Lipinski definition) is 0. The molecule has 3 aromatic heterocycles. The normalized spacial score (nSPS) is 13.2. The number of para-hydroxylation sites is 2. The molecule has 0 amide bonds. The van der Waals surface area contributed by atoms with Crippen LogP contribution in [0.3, 0.4) is 0 Å². The Morgan fingerprint density at radius 1 is 0.788 bits per heavy atom. The zero-order chi connectivity index (χ0) is 39.3. The monoisotopic (exact) mass is 880 g/mol. The molecular weight excluding hydrogens is 831 g/mol. The zero-order valence-corrected chi connectivity index (χ0v) is 34.0. The molecule has 0 saturated heterocycles. The molecule has 6 heteroatoms. The zero-order valence-electron chi connectivity index (χ0n) is 34.6. The van der Waals surface area contributed by atoms with Crippen molar-refractivity contribution in [2.45, 2.75) is 66.1 Å². The fraction of sp³-hybridized carbons (Fsp3) is 0.217. The van der Waals surface area contributed by atoms with Crippen LogP contribution in [0.2, 0.25) is 19.6 Å². The maximum Gasteiger partial charge on any atom is 0.121 e. The van der Waals surface area contributed by atoms with Gasteiger partial charge in [-0.25, -0.2) is 0 Å². The molecule has 3 heterocycles. The average molecular weight is 880 g/mol. The summed E-state index contributed by atoms with van der Waals surface area (Å²) in [6.07, 6.45) is 1.98. The van der Waals surface area contributed by atoms with E-state index < -0.39 is 20.8 Å². The van der Waals surface area contributed by atoms with Gasteiger partial charge < -0.3 is 14.0 Å². The van der Waals surface area contributed by atoms with E-state index in [9.17, 15) is 0 Å². The quantitative estimate of drug-likeness (QED) is 0.123. The Bertz CT molecular complexity index is 2640. The van der Waals surface area contributed by atoms with Gasteiger partial charge in [0.25, 0.3) is 0 Å². The SMILES string of the molecule is [2H]C(C)(C)c1cc(-c2[c-]cccc2)ncc1[Si](C)(C)C.[2H]C([2H])([2H])c1ccc(-c2ccc3oc4c[c-]c(-c5nc6ccccc6n5C(C)C)cc4c3c2)cc1.[Ir]. The molecule has 5 aromatic carbocycles. The molecule has 0 bridgehead atoms. The molecule has 0 aliphatic carbocycles. The van der Waals surface area contributed by atoms with Crippen LogP contribution in [0, 0.1) is 19.0 Å². The number of fused-ring (bicyclic) bond motifs is 4. The first-order valence-corrected chi connectivity index (χ1v) is 20.9. The molecule has 0 aliphatic heterocycles. The van der Waals surface area contributed by atoms with E-state index in [1.54, 1.807) is 12.1 Å². The molecule has 8 rings (SSSR count). The molecular formula is C46H45IrN3OSi-2. The molecule has 265 valence electrons. The summed E-state index contributed by atoms with van der Waals surface area (Å²) in [5.41, 5.74) is 9.83. The van der Waals surface area contributed by atoms with E-state index >= 15 is 0 Å². The fourth-order valence-corrected chi connectivity index (χ4v) is 8.20. The van der Waals surface area contributed by atoms with Crippen molar-refractivity contribution in [2.75, 3.05) is 0 Å². The van der Waals surface area contributed by atoms with Crippen LogP contribution in [0.1, 0.15) is 56.2 Å². The van der Waals surface area contributed by atoms with Crippen LogP contribution in [0.4, 0.5) is 0 Å². The second-order valence-electron chi connectivity index (χ2n) is 14.5. The van der Waals surface area contributed by atoms with Gasteiger partial charge in [-0.2, -0.15) is 0 Å². The van der Waals surface area contributed by atoms with Crippen molar-refractivity contribution in [2.24, 2.45) is 0 Å². The molecule has 0 N–H and O–H groups in total. The number of rotatable bonds is 6. The van der Waals surface area contributed by atoms with Gasteiger partial charge in [-0.15, -0.1) is 59.7 Å². The van der Waals surface area contributed by atoms with Crippen molar-refractivity contribution >= 4 is 46.2 Å². The minimum Gasteiger partial charge on any atom is -0.500 e. The molecule has 0 aliphatic rings. The summed E-state index contributed by atoms with van der Waals surface area (Å²) in [4.78, 5) is 9.53. The van der Waals surface area contributed by atoms with Gasteiger partial charge in [-0.3, -0.25) is 4.98 Å². The first kappa shape index (κ1) is 32.1. The molecule has 8 aromatic rings. The Hall–Kier alpha value is -4.61. The third kappa shape index (κ3) is 7.47. The first-order chi connectivity index (χ1) is 26.0. The van der Waals surface area contributed by atoms with Gasteiger partial charge in [0.2, 0.25) is 0 Å². The van der Waals surface area contributed by atoms with Crippen LogP contribution in [0.5, 0.6) is 0 Å². The second-order valence-corrected chi connectivity index (χ2v) is 19.6. The van der Waals surface area contributed by atoms with Crippen LogP contribution >= 0.6 is 0 Å². The Kier molecular flexibility index (Phi) is 9.35. The summed E-state index contributed by atoms with van der Waals surface area (Å²) < 4.78 is 39.6. The Labute approximate surface area is 327 Å². The summed E-state index contributed by atoms with van der Waals surface area (Å²) in [7, 11) is -1.50. The molecule has 0 unspecified atom stereocenters. The van der Waals surface area contributed by atoms with Gasteiger partial charge >= 0.3 is 0 Å². The fourth-order valence-electron chi connectivity index (χ4n) is 6.62. The summed E-state index contributed by atoms with van der Waals surface area (Å²) in [6.45, 7) is 13.0. The maximum atomic E-state index is 8.44. The van der Waals surface area contributed by atoms with Gasteiger partial charge in [0.05, 0.1) is 30.5 Å². The van der Waals surface area contributed by atoms with Crippen LogP contribution in [0.25, 0.3) is 66.7 Å². The van der Waals surface area contributed by atoms with Gasteiger partial charge in [0, 0.05) is 43.2 Å². The van der Waals surface area contributed by atoms with Crippen LogP contribution in [-0.2, 0) is 20.1 Å². The molecule has 0 fully saturated rings. The van der Waals surface area contributed by atoms with Crippen molar-refractivity contribution < 1.29 is 30.0 Å². The molecule has 0 atom stereocenters. The molecule has 4 nitrogen and oxygen atoms in total. The van der Waals surface area contributed by atoms with Crippen LogP contribution in [-0.4, -0.2) is 22.6 Å². The predicted octanol–water partition coefficient (Wildman–Crippen LogP) is 12.2. The number of furan rings is 1. The Balaban J connectivity index is 0.000000217. The number of benzene rings is 5. The summed E-state index contributed by atoms with van der Waals surface area (Å²) in [5.74, 6) is 0.274. The van der Waals surface area contributed by atoms with Gasteiger partial charge in [-0.05, 0) is 72.9 Å². The van der Waals surface area contributed by atoms with Crippen molar-refractivity contribution in [3.63, 3.8) is 0 Å². The summed E-state index contributed by atoms with van der Waals surface area (Å²) >= 11 is 0. The van der Waals surface area contributed by atoms with Crippen molar-refractivity contribution in [1.82, 2.24) is 14.5 Å². The van der Waals surface area contributed by atoms with E-state index in [1.807, 2.05) is 92.8 Å². The maximum absolute atomic E-state index is 8.44. The summed E-state index contributed by atoms with van der Waals surface area (Å²) in [6, 6.07) is 42.0. The van der Waals surface area contributed by atoms with E-state index in [0.717, 1.165) is 72.3 Å². The van der Waals surface area contributed by atoms with E-state index in [4.69, 9.17) is 14.9 Å². The van der Waals surface area contributed by atoms with Crippen molar-refractivity contribution in [3.8, 4) is 33.8 Å². The molecule has 1 radical (unpaired) electrons. The average Bonchev–Trinajstić information content (AvgIpc) is 3.72. The topological polar surface area (TPSA) is 43.9 Å². The van der Waals surface area contributed by atoms with E-state index in [0.29, 0.717) is 5.56 Å². The van der Waals surface area contributed by atoms with E-state index in [1.165, 1.54) is 5.19 Å². The summed E-state index contributed by atoms with van der Waals surface area (Å²) in [5, 5.41) is 3.27. The third-order valence-corrected chi connectivity index (χ3v) is 11.2. The van der Waals surface area contributed by atoms with Gasteiger partial charge in [0.15, 0.2) is 0 Å². The largest absolute Gasteiger partial charge is 0.500 e. The Morgan fingerprint density at radius 2 is 1.52 bits per heavy atom. The van der Waals surface area contributed by atoms with E-state index in [-0.39, 0.29) is 26.1 Å². The van der Waals surface area contributed by atoms with Crippen molar-refractivity contribution in [3.05, 3.63) is 139 Å². The number of nitrogens with zero attached hydrogens (tertiary/aromatic N) is 3. The predicted molar refractivity (Wildman–Crippen MR) is 217 cm³/mol. The number of aryl methyl sites for hydroxylation is 1. The molecule has 0 saturated carbocycles. The van der Waals surface area contributed by atoms with E-state index in [2.05, 4.69) is 79.4 Å². The van der Waals surface area contributed by atoms with Gasteiger partial charge in [0.1, 0.15) is 5.58 Å². The second kappa shape index (κ2) is 15.2. The van der Waals surface area contributed by atoms with Crippen molar-refractivity contribution in [1.29, 1.82) is 0 Å². The number of hydrogen-bond acceptors (Lipinski definition) is 3. The standard InChI is InChI=1S/C29H23N2O.C17H22NSi.Ir/c1-18(2)31-26-7-5-4-6-25(26)30-29(31)22-13-15-28-24(17-22)23-16-21(12-14-27(23)32-28)20-10-8-19(3)9-11-20;1-13(2)15-11-16(14-9-7-6-8-10-14)18-12-17(15)19(3,4)5;/h4-12,14-18H,1-3H3;6-9,11-13H,1-5H3;/q2*-1;/i3D3;13D;. The van der Waals surface area contributed by atoms with Crippen LogP contribution in [0.15, 0.2) is 120 Å². The number of pyridine rings is 1. The first-order valence-electron chi connectivity index (χ1n) is 19.4. The number of imidazole rings is 1. The smallest absolute Gasteiger partial charge is 0.121 e. The molecule has 52 heavy (non-hydrogen) atoms. The van der Waals surface area contributed by atoms with Crippen LogP contribution < -0.4 is 5.19 Å². The Morgan fingerprint density at radius 3 is 2.21 bits per heavy atom. The minimum absolute atomic E-state index is 0. The van der Waals surface area contributed by atoms with Gasteiger partial charge in [-0.1, -0.05) is 98.5 Å². The minimum atomic E-state index is -2.11. The molecule has 0 spiro atoms.